The number of benzene rings is 2. The van der Waals surface area contributed by atoms with Crippen molar-refractivity contribution in [1.29, 1.82) is 0 Å². The molecule has 0 spiro atoms. The van der Waals surface area contributed by atoms with Gasteiger partial charge in [-0.15, -0.1) is 0 Å². The van der Waals surface area contributed by atoms with E-state index in [9.17, 15) is 17.6 Å². The number of carboxylic acids is 1. The van der Waals surface area contributed by atoms with Crippen LogP contribution in [0.2, 0.25) is 0 Å². The van der Waals surface area contributed by atoms with E-state index in [0.717, 1.165) is 18.2 Å². The number of sulfonamides is 1. The number of nitrogens with zero attached hydrogens (tertiary/aromatic N) is 3. The van der Waals surface area contributed by atoms with Gasteiger partial charge >= 0.3 is 5.97 Å². The van der Waals surface area contributed by atoms with Crippen LogP contribution in [-0.2, 0) is 16.6 Å². The van der Waals surface area contributed by atoms with E-state index in [2.05, 4.69) is 14.8 Å². The van der Waals surface area contributed by atoms with E-state index >= 15 is 0 Å². The molecule has 0 atom stereocenters. The van der Waals surface area contributed by atoms with Gasteiger partial charge in [-0.2, -0.15) is 5.10 Å². The highest BCUT2D eigenvalue weighted by Crippen LogP contribution is 2.22. The van der Waals surface area contributed by atoms with E-state index in [1.807, 2.05) is 0 Å². The largest absolute Gasteiger partial charge is 0.492 e. The Morgan fingerprint density at radius 1 is 1.25 bits per heavy atom. The molecule has 28 heavy (non-hydrogen) atoms. The van der Waals surface area contributed by atoms with Crippen molar-refractivity contribution in [2.75, 3.05) is 11.3 Å². The number of nitrogens with one attached hydrogen (secondary N) is 1. The molecule has 3 rings (SSSR count). The number of halogens is 1. The third-order valence-corrected chi connectivity index (χ3v) is 5.00. The van der Waals surface area contributed by atoms with E-state index in [1.165, 1.54) is 18.5 Å². The van der Waals surface area contributed by atoms with Crippen LogP contribution in [0.25, 0.3) is 0 Å². The van der Waals surface area contributed by atoms with Crippen molar-refractivity contribution in [3.63, 3.8) is 0 Å². The lowest BCUT2D eigenvalue weighted by molar-refractivity contribution is 0.0691. The summed E-state index contributed by atoms with van der Waals surface area (Å²) in [6, 6.07) is 8.77. The summed E-state index contributed by atoms with van der Waals surface area (Å²) < 4.78 is 47.9. The molecule has 0 bridgehead atoms. The van der Waals surface area contributed by atoms with Crippen molar-refractivity contribution in [3.05, 3.63) is 66.5 Å². The Kier molecular flexibility index (Phi) is 5.54. The second-order valence-electron chi connectivity index (χ2n) is 5.59. The Morgan fingerprint density at radius 2 is 2.07 bits per heavy atom. The second-order valence-corrected chi connectivity index (χ2v) is 7.27. The molecule has 0 aliphatic heterocycles. The first-order chi connectivity index (χ1) is 13.3. The lowest BCUT2D eigenvalue weighted by atomic mass is 10.2. The van der Waals surface area contributed by atoms with Crippen LogP contribution >= 0.6 is 0 Å². The Hall–Kier alpha value is -3.47. The number of ether oxygens (including phenoxy) is 1. The van der Waals surface area contributed by atoms with Gasteiger partial charge in [0.25, 0.3) is 10.0 Å². The minimum Gasteiger partial charge on any atom is -0.492 e. The van der Waals surface area contributed by atoms with Crippen molar-refractivity contribution >= 4 is 21.7 Å². The number of carbonyl (C=O) groups is 1. The molecule has 2 aromatic carbocycles. The molecule has 1 aromatic heterocycles. The maximum absolute atomic E-state index is 13.5. The van der Waals surface area contributed by atoms with Crippen LogP contribution in [0.3, 0.4) is 0 Å². The average molecular weight is 406 g/mol. The normalized spacial score (nSPS) is 11.2. The Bertz CT molecular complexity index is 1090. The van der Waals surface area contributed by atoms with Crippen LogP contribution in [0.1, 0.15) is 10.4 Å². The molecular formula is C17H15FN4O5S. The van der Waals surface area contributed by atoms with Gasteiger partial charge in [-0.05, 0) is 30.3 Å². The maximum atomic E-state index is 13.5. The molecule has 0 saturated heterocycles. The Labute approximate surface area is 159 Å². The van der Waals surface area contributed by atoms with Crippen LogP contribution in [0.4, 0.5) is 10.1 Å². The third-order valence-electron chi connectivity index (χ3n) is 3.62. The van der Waals surface area contributed by atoms with Gasteiger partial charge < -0.3 is 9.84 Å². The lowest BCUT2D eigenvalue weighted by Gasteiger charge is -2.11. The molecule has 0 aliphatic carbocycles. The monoisotopic (exact) mass is 406 g/mol. The molecule has 1 heterocycles. The van der Waals surface area contributed by atoms with Crippen LogP contribution in [0.5, 0.6) is 5.75 Å². The predicted molar refractivity (Wildman–Crippen MR) is 96.1 cm³/mol. The van der Waals surface area contributed by atoms with E-state index in [-0.39, 0.29) is 10.6 Å². The maximum Gasteiger partial charge on any atom is 0.338 e. The third kappa shape index (κ3) is 4.62. The first-order valence-electron chi connectivity index (χ1n) is 7.96. The summed E-state index contributed by atoms with van der Waals surface area (Å²) in [5.74, 6) is -2.16. The molecule has 11 heteroatoms. The molecule has 0 fully saturated rings. The SMILES string of the molecule is O=C(O)c1cc(S(=O)(=O)Nc2cccc(OCCn3cncn3)c2)ccc1F. The lowest BCUT2D eigenvalue weighted by Crippen LogP contribution is -2.14. The second kappa shape index (κ2) is 8.05. The van der Waals surface area contributed by atoms with E-state index < -0.39 is 27.4 Å². The fourth-order valence-corrected chi connectivity index (χ4v) is 3.38. The van der Waals surface area contributed by atoms with Crippen molar-refractivity contribution in [2.24, 2.45) is 0 Å². The number of carboxylic acid groups (broad SMARTS) is 1. The topological polar surface area (TPSA) is 123 Å². The minimum absolute atomic E-state index is 0.208. The van der Waals surface area contributed by atoms with Crippen LogP contribution < -0.4 is 9.46 Å². The highest BCUT2D eigenvalue weighted by Gasteiger charge is 2.19. The number of anilines is 1. The summed E-state index contributed by atoms with van der Waals surface area (Å²) in [6.07, 6.45) is 2.95. The van der Waals surface area contributed by atoms with Gasteiger partial charge in [0.05, 0.1) is 22.7 Å². The predicted octanol–water partition coefficient (Wildman–Crippen LogP) is 2.00. The zero-order valence-corrected chi connectivity index (χ0v) is 15.1. The average Bonchev–Trinajstić information content (AvgIpc) is 3.15. The molecular weight excluding hydrogens is 391 g/mol. The van der Waals surface area contributed by atoms with Crippen LogP contribution in [0.15, 0.2) is 60.0 Å². The van der Waals surface area contributed by atoms with Crippen molar-refractivity contribution in [1.82, 2.24) is 14.8 Å². The summed E-state index contributed by atoms with van der Waals surface area (Å²) in [5.41, 5.74) is -0.521. The number of rotatable bonds is 8. The smallest absolute Gasteiger partial charge is 0.338 e. The number of aromatic nitrogens is 3. The van der Waals surface area contributed by atoms with Gasteiger partial charge in [-0.1, -0.05) is 6.07 Å². The Balaban J connectivity index is 1.72. The first-order valence-corrected chi connectivity index (χ1v) is 9.44. The molecule has 0 unspecified atom stereocenters. The molecule has 2 N–H and O–H groups in total. The zero-order chi connectivity index (χ0) is 20.1. The van der Waals surface area contributed by atoms with Gasteiger partial charge in [0.1, 0.15) is 30.8 Å². The fraction of sp³-hybridized carbons (Fsp3) is 0.118. The number of hydrogen-bond donors (Lipinski definition) is 2. The minimum atomic E-state index is -4.12. The molecule has 0 aliphatic rings. The quantitative estimate of drug-likeness (QED) is 0.586. The van der Waals surface area contributed by atoms with Gasteiger partial charge in [0.15, 0.2) is 0 Å². The standard InChI is InChI=1S/C17H15FN4O5S/c18-16-5-4-14(9-15(16)17(23)24)28(25,26)21-12-2-1-3-13(8-12)27-7-6-22-11-19-10-20-22/h1-5,8-11,21H,6-7H2,(H,23,24). The van der Waals surface area contributed by atoms with Crippen LogP contribution in [0, 0.1) is 5.82 Å². The summed E-state index contributed by atoms with van der Waals surface area (Å²) >= 11 is 0. The van der Waals surface area contributed by atoms with E-state index in [0.29, 0.717) is 18.9 Å². The molecule has 9 nitrogen and oxygen atoms in total. The van der Waals surface area contributed by atoms with Gasteiger partial charge in [0, 0.05) is 6.07 Å². The van der Waals surface area contributed by atoms with Gasteiger partial charge in [-0.3, -0.25) is 4.72 Å². The van der Waals surface area contributed by atoms with E-state index in [4.69, 9.17) is 9.84 Å². The molecule has 0 amide bonds. The summed E-state index contributed by atoms with van der Waals surface area (Å²) in [4.78, 5) is 14.4. The molecule has 146 valence electrons. The zero-order valence-electron chi connectivity index (χ0n) is 14.3. The number of aromatic carboxylic acids is 1. The van der Waals surface area contributed by atoms with Crippen molar-refractivity contribution < 1.29 is 27.4 Å². The van der Waals surface area contributed by atoms with Crippen molar-refractivity contribution in [2.45, 2.75) is 11.4 Å². The molecule has 0 saturated carbocycles. The summed E-state index contributed by atoms with van der Waals surface area (Å²) in [7, 11) is -4.12. The van der Waals surface area contributed by atoms with Gasteiger partial charge in [-0.25, -0.2) is 27.3 Å². The molecule has 3 aromatic rings. The summed E-state index contributed by atoms with van der Waals surface area (Å²) in [6.45, 7) is 0.753. The molecule has 0 radical (unpaired) electrons. The van der Waals surface area contributed by atoms with Gasteiger partial charge in [0.2, 0.25) is 0 Å². The first kappa shape index (κ1) is 19.3. The highest BCUT2D eigenvalue weighted by molar-refractivity contribution is 7.92. The number of hydrogen-bond acceptors (Lipinski definition) is 6. The van der Waals surface area contributed by atoms with Crippen LogP contribution in [-0.4, -0.2) is 40.9 Å². The highest BCUT2D eigenvalue weighted by atomic mass is 32.2. The van der Waals surface area contributed by atoms with Crippen molar-refractivity contribution in [3.8, 4) is 5.75 Å². The fourth-order valence-electron chi connectivity index (χ4n) is 2.30. The Morgan fingerprint density at radius 3 is 2.79 bits per heavy atom. The van der Waals surface area contributed by atoms with E-state index in [1.54, 1.807) is 23.1 Å². The summed E-state index contributed by atoms with van der Waals surface area (Å²) in [5, 5.41) is 12.9.